The molecule has 1 saturated heterocycles. The molecule has 2 N–H and O–H groups in total. The van der Waals surface area contributed by atoms with E-state index in [1.54, 1.807) is 11.1 Å². The van der Waals surface area contributed by atoms with Crippen LogP contribution in [0.25, 0.3) is 0 Å². The lowest BCUT2D eigenvalue weighted by Gasteiger charge is -2.35. The molecule has 0 amide bonds. The lowest BCUT2D eigenvalue weighted by atomic mass is 9.90. The van der Waals surface area contributed by atoms with Gasteiger partial charge in [0, 0.05) is 31.5 Å². The van der Waals surface area contributed by atoms with E-state index in [9.17, 15) is 28.4 Å². The number of hydrogen-bond donors (Lipinski definition) is 2. The molecule has 2 aromatic rings. The van der Waals surface area contributed by atoms with Crippen molar-refractivity contribution >= 4 is 23.0 Å². The highest BCUT2D eigenvalue weighted by atomic mass is 35.5. The fourth-order valence-electron chi connectivity index (χ4n) is 3.29. The molecule has 1 fully saturated rings. The fourth-order valence-corrected chi connectivity index (χ4v) is 3.55. The van der Waals surface area contributed by atoms with Gasteiger partial charge in [0.1, 0.15) is 17.6 Å². The second-order valence-corrected chi connectivity index (χ2v) is 6.73. The number of halogens is 4. The van der Waals surface area contributed by atoms with Gasteiger partial charge in [-0.2, -0.15) is 13.2 Å². The Balaban J connectivity index is 1.81. The number of piperidine rings is 1. The predicted octanol–water partition coefficient (Wildman–Crippen LogP) is 3.94. The summed E-state index contributed by atoms with van der Waals surface area (Å²) in [5, 5.41) is 21.1. The lowest BCUT2D eigenvalue weighted by molar-refractivity contribution is -0.384. The van der Waals surface area contributed by atoms with E-state index in [1.807, 2.05) is 0 Å². The van der Waals surface area contributed by atoms with Crippen molar-refractivity contribution < 1.29 is 23.2 Å². The number of anilines is 1. The molecular weight excluding hydrogens is 389 g/mol. The molecule has 1 aliphatic heterocycles. The molecule has 1 atom stereocenters. The molecule has 0 radical (unpaired) electrons. The van der Waals surface area contributed by atoms with Crippen LogP contribution in [0.3, 0.4) is 0 Å². The Hall–Kier alpha value is -2.33. The molecular formula is C16H16ClF3N4O3. The van der Waals surface area contributed by atoms with E-state index >= 15 is 0 Å². The van der Waals surface area contributed by atoms with Crippen molar-refractivity contribution in [2.24, 2.45) is 5.92 Å². The second-order valence-electron chi connectivity index (χ2n) is 6.32. The summed E-state index contributed by atoms with van der Waals surface area (Å²) in [7, 11) is 0. The molecule has 7 nitrogen and oxygen atoms in total. The first kappa shape index (κ1) is 19.4. The highest BCUT2D eigenvalue weighted by Crippen LogP contribution is 2.42. The number of aromatic nitrogens is 2. The standard InChI is InChI=1S/C16H16ClF3N4O3/c17-11-8-12(13(24(26)27)7-10(11)16(18,19)20)23-5-1-9(2-6-23)14(25)15-21-3-4-22-15/h3-4,7-9,14,25H,1-2,5-6H2,(H,21,22). The van der Waals surface area contributed by atoms with Gasteiger partial charge in [-0.25, -0.2) is 4.98 Å². The fraction of sp³-hybridized carbons (Fsp3) is 0.438. The van der Waals surface area contributed by atoms with Crippen LogP contribution in [-0.4, -0.2) is 33.1 Å². The number of alkyl halides is 3. The highest BCUT2D eigenvalue weighted by Gasteiger charge is 2.37. The Morgan fingerprint density at radius 3 is 2.56 bits per heavy atom. The lowest BCUT2D eigenvalue weighted by Crippen LogP contribution is -2.36. The summed E-state index contributed by atoms with van der Waals surface area (Å²) in [5.41, 5.74) is -1.83. The van der Waals surface area contributed by atoms with Crippen LogP contribution in [0.5, 0.6) is 0 Å². The minimum Gasteiger partial charge on any atom is -0.385 e. The van der Waals surface area contributed by atoms with E-state index in [1.165, 1.54) is 6.20 Å². The number of aromatic amines is 1. The Morgan fingerprint density at radius 2 is 2.04 bits per heavy atom. The number of hydrogen-bond acceptors (Lipinski definition) is 5. The van der Waals surface area contributed by atoms with Crippen LogP contribution in [0.1, 0.15) is 30.3 Å². The number of nitrogens with one attached hydrogen (secondary N) is 1. The second kappa shape index (κ2) is 7.35. The third kappa shape index (κ3) is 4.01. The van der Waals surface area contributed by atoms with Gasteiger partial charge in [-0.1, -0.05) is 11.6 Å². The molecule has 3 rings (SSSR count). The number of nitro groups is 1. The number of imidazole rings is 1. The van der Waals surface area contributed by atoms with Crippen molar-refractivity contribution in [3.8, 4) is 0 Å². The summed E-state index contributed by atoms with van der Waals surface area (Å²) in [6.45, 7) is 0.677. The van der Waals surface area contributed by atoms with Crippen LogP contribution < -0.4 is 4.90 Å². The summed E-state index contributed by atoms with van der Waals surface area (Å²) in [6.07, 6.45) is -1.45. The van der Waals surface area contributed by atoms with Gasteiger partial charge in [0.15, 0.2) is 0 Å². The van der Waals surface area contributed by atoms with Crippen molar-refractivity contribution in [2.45, 2.75) is 25.1 Å². The monoisotopic (exact) mass is 404 g/mol. The first-order valence-electron chi connectivity index (χ1n) is 8.16. The zero-order valence-electron chi connectivity index (χ0n) is 13.9. The van der Waals surface area contributed by atoms with E-state index in [0.29, 0.717) is 37.8 Å². The van der Waals surface area contributed by atoms with E-state index in [4.69, 9.17) is 11.6 Å². The number of rotatable bonds is 4. The average molecular weight is 405 g/mol. The van der Waals surface area contributed by atoms with Crippen LogP contribution >= 0.6 is 11.6 Å². The smallest absolute Gasteiger partial charge is 0.385 e. The van der Waals surface area contributed by atoms with E-state index < -0.39 is 33.5 Å². The summed E-state index contributed by atoms with van der Waals surface area (Å²) >= 11 is 5.73. The average Bonchev–Trinajstić information content (AvgIpc) is 3.14. The third-order valence-electron chi connectivity index (χ3n) is 4.69. The maximum Gasteiger partial charge on any atom is 0.418 e. The topological polar surface area (TPSA) is 95.3 Å². The Kier molecular flexibility index (Phi) is 5.29. The molecule has 1 aliphatic rings. The molecule has 1 unspecified atom stereocenters. The molecule has 1 aromatic heterocycles. The maximum atomic E-state index is 13.0. The largest absolute Gasteiger partial charge is 0.418 e. The van der Waals surface area contributed by atoms with Crippen molar-refractivity contribution in [2.75, 3.05) is 18.0 Å². The summed E-state index contributed by atoms with van der Waals surface area (Å²) in [4.78, 5) is 18.9. The van der Waals surface area contributed by atoms with Gasteiger partial charge in [0.2, 0.25) is 0 Å². The minimum absolute atomic E-state index is 0.0453. The number of nitro benzene ring substituents is 1. The van der Waals surface area contributed by atoms with Crippen molar-refractivity contribution in [3.05, 3.63) is 51.1 Å². The van der Waals surface area contributed by atoms with Gasteiger partial charge >= 0.3 is 6.18 Å². The molecule has 0 aliphatic carbocycles. The zero-order valence-corrected chi connectivity index (χ0v) is 14.7. The maximum absolute atomic E-state index is 13.0. The normalized spacial score (nSPS) is 17.1. The predicted molar refractivity (Wildman–Crippen MR) is 91.6 cm³/mol. The van der Waals surface area contributed by atoms with Crippen LogP contribution in [-0.2, 0) is 6.18 Å². The summed E-state index contributed by atoms with van der Waals surface area (Å²) in [5.74, 6) is 0.327. The van der Waals surface area contributed by atoms with E-state index in [2.05, 4.69) is 9.97 Å². The molecule has 0 spiro atoms. The first-order valence-corrected chi connectivity index (χ1v) is 8.53. The third-order valence-corrected chi connectivity index (χ3v) is 5.01. The zero-order chi connectivity index (χ0) is 19.8. The Labute approximate surface area is 156 Å². The van der Waals surface area contributed by atoms with Gasteiger partial charge in [0.05, 0.1) is 15.5 Å². The van der Waals surface area contributed by atoms with Crippen LogP contribution in [0.2, 0.25) is 5.02 Å². The molecule has 1 aromatic carbocycles. The molecule has 11 heteroatoms. The minimum atomic E-state index is -4.78. The van der Waals surface area contributed by atoms with E-state index in [-0.39, 0.29) is 11.6 Å². The van der Waals surface area contributed by atoms with Crippen molar-refractivity contribution in [1.82, 2.24) is 9.97 Å². The number of H-pyrrole nitrogens is 1. The van der Waals surface area contributed by atoms with Crippen LogP contribution in [0.4, 0.5) is 24.5 Å². The van der Waals surface area contributed by atoms with Gasteiger partial charge in [-0.3, -0.25) is 10.1 Å². The Morgan fingerprint density at radius 1 is 1.37 bits per heavy atom. The van der Waals surface area contributed by atoms with Crippen molar-refractivity contribution in [1.29, 1.82) is 0 Å². The number of nitrogens with zero attached hydrogens (tertiary/aromatic N) is 3. The quantitative estimate of drug-likeness (QED) is 0.594. The summed E-state index contributed by atoms with van der Waals surface area (Å²) < 4.78 is 39.0. The molecule has 0 bridgehead atoms. The van der Waals surface area contributed by atoms with Gasteiger partial charge in [0.25, 0.3) is 5.69 Å². The number of benzene rings is 1. The van der Waals surface area contributed by atoms with Gasteiger partial charge < -0.3 is 15.0 Å². The first-order chi connectivity index (χ1) is 12.7. The molecule has 146 valence electrons. The van der Waals surface area contributed by atoms with Crippen molar-refractivity contribution in [3.63, 3.8) is 0 Å². The van der Waals surface area contributed by atoms with Gasteiger partial charge in [-0.05, 0) is 24.8 Å². The SMILES string of the molecule is O=[N+]([O-])c1cc(C(F)(F)F)c(Cl)cc1N1CCC(C(O)c2ncc[nH]2)CC1. The van der Waals surface area contributed by atoms with Gasteiger partial charge in [-0.15, -0.1) is 0 Å². The molecule has 2 heterocycles. The highest BCUT2D eigenvalue weighted by molar-refractivity contribution is 6.31. The summed E-state index contributed by atoms with van der Waals surface area (Å²) in [6, 6.07) is 1.47. The number of aliphatic hydroxyl groups is 1. The molecule has 27 heavy (non-hydrogen) atoms. The Bertz CT molecular complexity index is 821. The van der Waals surface area contributed by atoms with Crippen LogP contribution in [0, 0.1) is 16.0 Å². The molecule has 0 saturated carbocycles. The number of aliphatic hydroxyl groups excluding tert-OH is 1. The van der Waals surface area contributed by atoms with Crippen LogP contribution in [0.15, 0.2) is 24.5 Å². The van der Waals surface area contributed by atoms with E-state index in [0.717, 1.165) is 6.07 Å².